The fourth-order valence-electron chi connectivity index (χ4n) is 6.67. The molecule has 0 saturated carbocycles. The quantitative estimate of drug-likeness (QED) is 0.211. The third-order valence-corrected chi connectivity index (χ3v) is 8.43. The zero-order chi connectivity index (χ0) is 27.1. The molecular weight excluding hydrogens is 502 g/mol. The number of hydrogen-bond acceptors (Lipinski definition) is 3. The predicted molar refractivity (Wildman–Crippen MR) is 169 cm³/mol. The van der Waals surface area contributed by atoms with Gasteiger partial charge < -0.3 is 9.80 Å². The lowest BCUT2D eigenvalue weighted by atomic mass is 9.96. The Morgan fingerprint density at radius 1 is 0.390 bits per heavy atom. The van der Waals surface area contributed by atoms with Crippen LogP contribution in [0, 0.1) is 0 Å². The fraction of sp³-hybridized carbons (Fsp3) is 0. The fourth-order valence-corrected chi connectivity index (χ4v) is 6.67. The van der Waals surface area contributed by atoms with Gasteiger partial charge in [-0.05, 0) is 71.1 Å². The minimum absolute atomic E-state index is 0.00576. The number of aromatic nitrogens is 1. The van der Waals surface area contributed by atoms with Crippen molar-refractivity contribution in [1.29, 1.82) is 0 Å². The first-order valence-corrected chi connectivity index (χ1v) is 13.8. The minimum Gasteiger partial charge on any atom is -0.306 e. The summed E-state index contributed by atoms with van der Waals surface area (Å²) in [6.45, 7) is 0. The lowest BCUT2D eigenvalue weighted by Gasteiger charge is -2.43. The van der Waals surface area contributed by atoms with E-state index in [1.165, 1.54) is 11.1 Å². The van der Waals surface area contributed by atoms with Gasteiger partial charge in [0.25, 0.3) is 5.56 Å². The first-order chi connectivity index (χ1) is 20.3. The molecule has 0 saturated heterocycles. The van der Waals surface area contributed by atoms with Gasteiger partial charge in [0.05, 0.1) is 39.6 Å². The van der Waals surface area contributed by atoms with Crippen LogP contribution in [0.25, 0.3) is 38.5 Å². The Bertz CT molecular complexity index is 2230. The van der Waals surface area contributed by atoms with Crippen LogP contribution in [-0.2, 0) is 0 Å². The van der Waals surface area contributed by atoms with Crippen molar-refractivity contribution in [2.24, 2.45) is 0 Å². The highest BCUT2D eigenvalue weighted by Crippen LogP contribution is 2.59. The number of para-hydroxylation sites is 4. The molecule has 0 spiro atoms. The summed E-state index contributed by atoms with van der Waals surface area (Å²) >= 11 is 0. The van der Waals surface area contributed by atoms with Crippen molar-refractivity contribution in [3.8, 4) is 16.8 Å². The van der Waals surface area contributed by atoms with Crippen LogP contribution >= 0.6 is 0 Å². The molecule has 2 aliphatic rings. The lowest BCUT2D eigenvalue weighted by molar-refractivity contribution is 1.02. The predicted octanol–water partition coefficient (Wildman–Crippen LogP) is 9.38. The van der Waals surface area contributed by atoms with Crippen molar-refractivity contribution in [2.75, 3.05) is 9.80 Å². The summed E-state index contributed by atoms with van der Waals surface area (Å²) < 4.78 is 1.92. The summed E-state index contributed by atoms with van der Waals surface area (Å²) in [6.07, 6.45) is 0. The molecule has 192 valence electrons. The summed E-state index contributed by atoms with van der Waals surface area (Å²) in [6, 6.07) is 48.3. The second-order valence-electron chi connectivity index (χ2n) is 10.6. The molecule has 0 N–H and O–H groups in total. The molecule has 0 radical (unpaired) electrons. The van der Waals surface area contributed by atoms with Crippen LogP contribution in [-0.4, -0.2) is 4.57 Å². The van der Waals surface area contributed by atoms with Crippen LogP contribution < -0.4 is 15.4 Å². The van der Waals surface area contributed by atoms with Gasteiger partial charge in [0.2, 0.25) is 0 Å². The van der Waals surface area contributed by atoms with Gasteiger partial charge in [0.1, 0.15) is 0 Å². The second kappa shape index (κ2) is 8.20. The normalized spacial score (nSPS) is 12.9. The molecule has 6 aromatic carbocycles. The Balaban J connectivity index is 1.39. The summed E-state index contributed by atoms with van der Waals surface area (Å²) in [4.78, 5) is 18.8. The third-order valence-electron chi connectivity index (χ3n) is 8.43. The molecule has 0 fully saturated rings. The van der Waals surface area contributed by atoms with Gasteiger partial charge in [-0.25, -0.2) is 0 Å². The van der Waals surface area contributed by atoms with E-state index in [0.29, 0.717) is 0 Å². The maximum Gasteiger partial charge on any atom is 0.263 e. The van der Waals surface area contributed by atoms with Gasteiger partial charge >= 0.3 is 0 Å². The highest BCUT2D eigenvalue weighted by molar-refractivity contribution is 6.19. The van der Waals surface area contributed by atoms with E-state index in [1.54, 1.807) is 0 Å². The smallest absolute Gasteiger partial charge is 0.263 e. The summed E-state index contributed by atoms with van der Waals surface area (Å²) in [5, 5.41) is 2.77. The number of pyridine rings is 1. The summed E-state index contributed by atoms with van der Waals surface area (Å²) in [5.74, 6) is 0. The standard InChI is InChI=1S/C37H23N3O/c41-37-29-13-5-4-12-27(29)28-22-23-34-36-35(28)40(37)33-17-9-8-16-32(33)39(36)31-15-7-6-14-30(31)38(34)26-20-18-25(19-21-26)24-10-2-1-3-11-24/h1-23H. The molecule has 4 nitrogen and oxygen atoms in total. The number of benzene rings is 6. The van der Waals surface area contributed by atoms with Gasteiger partial charge in [-0.1, -0.05) is 84.9 Å². The minimum atomic E-state index is 0.00576. The molecule has 0 unspecified atom stereocenters. The largest absolute Gasteiger partial charge is 0.306 e. The molecule has 0 aliphatic carbocycles. The first kappa shape index (κ1) is 22.2. The van der Waals surface area contributed by atoms with Gasteiger partial charge in [0, 0.05) is 16.5 Å². The van der Waals surface area contributed by atoms with Crippen LogP contribution in [0.5, 0.6) is 0 Å². The average molecular weight is 526 g/mol. The Hall–Kier alpha value is -5.61. The molecule has 9 rings (SSSR count). The maximum atomic E-state index is 14.1. The molecule has 0 amide bonds. The zero-order valence-corrected chi connectivity index (χ0v) is 22.0. The molecule has 0 atom stereocenters. The van der Waals surface area contributed by atoms with E-state index in [0.717, 1.165) is 61.5 Å². The zero-order valence-electron chi connectivity index (χ0n) is 22.0. The molecule has 4 heteroatoms. The highest BCUT2D eigenvalue weighted by atomic mass is 16.1. The molecule has 41 heavy (non-hydrogen) atoms. The topological polar surface area (TPSA) is 28.5 Å². The molecule has 1 aromatic heterocycles. The molecule has 2 aliphatic heterocycles. The molecule has 7 aromatic rings. The van der Waals surface area contributed by atoms with Crippen molar-refractivity contribution < 1.29 is 0 Å². The van der Waals surface area contributed by atoms with Crippen molar-refractivity contribution in [2.45, 2.75) is 0 Å². The van der Waals surface area contributed by atoms with Crippen molar-refractivity contribution >= 4 is 55.8 Å². The van der Waals surface area contributed by atoms with E-state index in [9.17, 15) is 4.79 Å². The summed E-state index contributed by atoms with van der Waals surface area (Å²) in [7, 11) is 0. The lowest BCUT2D eigenvalue weighted by Crippen LogP contribution is -2.31. The van der Waals surface area contributed by atoms with Gasteiger partial charge in [-0.15, -0.1) is 0 Å². The van der Waals surface area contributed by atoms with Crippen LogP contribution in [0.3, 0.4) is 0 Å². The summed E-state index contributed by atoms with van der Waals surface area (Å²) in [5.41, 5.74) is 10.5. The molecule has 0 bridgehead atoms. The SMILES string of the molecule is O=c1c2ccccc2c2ccc3c4c2n1-c1ccccc1N4c1ccccc1N3c1ccc(-c2ccccc2)cc1. The third kappa shape index (κ3) is 2.96. The van der Waals surface area contributed by atoms with Crippen LogP contribution in [0.4, 0.5) is 34.1 Å². The Morgan fingerprint density at radius 3 is 1.68 bits per heavy atom. The average Bonchev–Trinajstić information content (AvgIpc) is 3.05. The number of rotatable bonds is 2. The highest BCUT2D eigenvalue weighted by Gasteiger charge is 2.37. The van der Waals surface area contributed by atoms with Crippen molar-refractivity contribution in [1.82, 2.24) is 4.57 Å². The van der Waals surface area contributed by atoms with Gasteiger partial charge in [0.15, 0.2) is 0 Å². The van der Waals surface area contributed by atoms with E-state index >= 15 is 0 Å². The second-order valence-corrected chi connectivity index (χ2v) is 10.6. The van der Waals surface area contributed by atoms with E-state index in [4.69, 9.17) is 0 Å². The van der Waals surface area contributed by atoms with E-state index < -0.39 is 0 Å². The monoisotopic (exact) mass is 525 g/mol. The van der Waals surface area contributed by atoms with Crippen molar-refractivity contribution in [3.05, 3.63) is 150 Å². The number of fused-ring (bicyclic) bond motifs is 7. The number of anilines is 6. The molecular formula is C37H23N3O. The van der Waals surface area contributed by atoms with E-state index in [-0.39, 0.29) is 5.56 Å². The number of nitrogens with zero attached hydrogens (tertiary/aromatic N) is 3. The molecule has 3 heterocycles. The Labute approximate surface area is 236 Å². The number of hydrogen-bond donors (Lipinski definition) is 0. The Kier molecular flexibility index (Phi) is 4.44. The maximum absolute atomic E-state index is 14.1. The van der Waals surface area contributed by atoms with Crippen molar-refractivity contribution in [3.63, 3.8) is 0 Å². The van der Waals surface area contributed by atoms with Crippen LogP contribution in [0.2, 0.25) is 0 Å². The van der Waals surface area contributed by atoms with E-state index in [1.807, 2.05) is 41.0 Å². The Morgan fingerprint density at radius 2 is 0.951 bits per heavy atom. The van der Waals surface area contributed by atoms with Gasteiger partial charge in [-0.3, -0.25) is 9.36 Å². The van der Waals surface area contributed by atoms with E-state index in [2.05, 4.69) is 113 Å². The van der Waals surface area contributed by atoms with Crippen LogP contribution in [0.1, 0.15) is 0 Å². The van der Waals surface area contributed by atoms with Crippen LogP contribution in [0.15, 0.2) is 144 Å². The first-order valence-electron chi connectivity index (χ1n) is 13.8. The van der Waals surface area contributed by atoms with Gasteiger partial charge in [-0.2, -0.15) is 0 Å².